The molecule has 2 rings (SSSR count). The van der Waals surface area contributed by atoms with Crippen LogP contribution in [0.15, 0.2) is 24.4 Å². The molecule has 0 aliphatic heterocycles. The van der Waals surface area contributed by atoms with Crippen molar-refractivity contribution in [3.8, 4) is 11.8 Å². The van der Waals surface area contributed by atoms with Crippen molar-refractivity contribution < 1.29 is 4.74 Å². The third-order valence-corrected chi connectivity index (χ3v) is 2.66. The highest BCUT2D eigenvalue weighted by Gasteiger charge is 2.13. The predicted molar refractivity (Wildman–Crippen MR) is 69.7 cm³/mol. The fourth-order valence-corrected chi connectivity index (χ4v) is 1.78. The molecule has 0 radical (unpaired) electrons. The number of rotatable bonds is 5. The first-order valence-corrected chi connectivity index (χ1v) is 6.09. The number of hydrogen-bond donors (Lipinski definition) is 2. The molecular formula is C13H18N4O. The van der Waals surface area contributed by atoms with Gasteiger partial charge in [-0.2, -0.15) is 0 Å². The fourth-order valence-electron chi connectivity index (χ4n) is 1.78. The van der Waals surface area contributed by atoms with Crippen LogP contribution < -0.4 is 10.1 Å². The Kier molecular flexibility index (Phi) is 3.94. The van der Waals surface area contributed by atoms with E-state index in [4.69, 9.17) is 4.74 Å². The summed E-state index contributed by atoms with van der Waals surface area (Å²) in [5, 5.41) is 10.2. The van der Waals surface area contributed by atoms with Gasteiger partial charge in [0.05, 0.1) is 0 Å². The minimum atomic E-state index is 0.193. The van der Waals surface area contributed by atoms with E-state index in [2.05, 4.69) is 34.3 Å². The zero-order valence-electron chi connectivity index (χ0n) is 10.9. The second kappa shape index (κ2) is 5.64. The fraction of sp³-hybridized carbons (Fsp3) is 0.385. The number of nitrogens with zero attached hydrogens (tertiary/aromatic N) is 2. The van der Waals surface area contributed by atoms with E-state index in [-0.39, 0.29) is 6.04 Å². The minimum Gasteiger partial charge on any atom is -0.419 e. The van der Waals surface area contributed by atoms with Crippen LogP contribution in [-0.2, 0) is 0 Å². The largest absolute Gasteiger partial charge is 0.419 e. The molecule has 2 aromatic rings. The molecule has 0 spiro atoms. The average molecular weight is 246 g/mol. The number of ether oxygens (including phenoxy) is 1. The van der Waals surface area contributed by atoms with Gasteiger partial charge in [-0.05, 0) is 26.5 Å². The molecule has 0 aliphatic rings. The predicted octanol–water partition coefficient (Wildman–Crippen LogP) is 2.58. The van der Waals surface area contributed by atoms with Crippen molar-refractivity contribution in [2.75, 3.05) is 6.54 Å². The van der Waals surface area contributed by atoms with Gasteiger partial charge in [0.25, 0.3) is 0 Å². The molecule has 1 atom stereocenters. The van der Waals surface area contributed by atoms with Gasteiger partial charge in [-0.1, -0.05) is 13.0 Å². The van der Waals surface area contributed by atoms with Gasteiger partial charge in [0, 0.05) is 29.6 Å². The van der Waals surface area contributed by atoms with E-state index in [0.717, 1.165) is 17.8 Å². The van der Waals surface area contributed by atoms with E-state index in [1.54, 1.807) is 6.20 Å². The lowest BCUT2D eigenvalue weighted by atomic mass is 10.1. The molecule has 0 saturated heterocycles. The number of aryl methyl sites for hydroxylation is 1. The first-order valence-electron chi connectivity index (χ1n) is 6.09. The van der Waals surface area contributed by atoms with Gasteiger partial charge < -0.3 is 10.1 Å². The summed E-state index contributed by atoms with van der Waals surface area (Å²) < 4.78 is 5.70. The van der Waals surface area contributed by atoms with E-state index >= 15 is 0 Å². The van der Waals surface area contributed by atoms with E-state index in [9.17, 15) is 0 Å². The Hall–Kier alpha value is -1.88. The van der Waals surface area contributed by atoms with Crippen molar-refractivity contribution in [2.24, 2.45) is 0 Å². The average Bonchev–Trinajstić information content (AvgIpc) is 2.76. The number of aromatic amines is 1. The Bertz CT molecular complexity index is 509. The molecule has 0 aromatic carbocycles. The molecule has 2 aromatic heterocycles. The van der Waals surface area contributed by atoms with E-state index in [1.807, 2.05) is 25.1 Å². The summed E-state index contributed by atoms with van der Waals surface area (Å²) in [6, 6.07) is 5.95. The molecule has 18 heavy (non-hydrogen) atoms. The lowest BCUT2D eigenvalue weighted by Crippen LogP contribution is -2.18. The Morgan fingerprint density at radius 1 is 1.50 bits per heavy atom. The lowest BCUT2D eigenvalue weighted by Gasteiger charge is -2.15. The Morgan fingerprint density at radius 2 is 2.33 bits per heavy atom. The number of H-pyrrole nitrogens is 1. The van der Waals surface area contributed by atoms with Crippen LogP contribution >= 0.6 is 0 Å². The Morgan fingerprint density at radius 3 is 3.00 bits per heavy atom. The van der Waals surface area contributed by atoms with Crippen LogP contribution in [0.4, 0.5) is 0 Å². The van der Waals surface area contributed by atoms with Crippen molar-refractivity contribution in [2.45, 2.75) is 26.8 Å². The molecule has 2 heterocycles. The highest BCUT2D eigenvalue weighted by molar-refractivity contribution is 5.31. The second-order valence-electron chi connectivity index (χ2n) is 4.17. The van der Waals surface area contributed by atoms with E-state index < -0.39 is 0 Å². The van der Waals surface area contributed by atoms with Gasteiger partial charge in [0.1, 0.15) is 0 Å². The number of aromatic nitrogens is 3. The summed E-state index contributed by atoms with van der Waals surface area (Å²) in [6.45, 7) is 6.99. The highest BCUT2D eigenvalue weighted by Crippen LogP contribution is 2.26. The standard InChI is InChI=1S/C13H18N4O/c1-4-14-10(3)11-6-5-7-15-13(11)18-12-8-9(2)16-17-12/h5-8,10,14H,4H2,1-3H3,(H,16,17). The van der Waals surface area contributed by atoms with Gasteiger partial charge in [-0.25, -0.2) is 4.98 Å². The second-order valence-corrected chi connectivity index (χ2v) is 4.17. The SMILES string of the molecule is CCNC(C)c1cccnc1Oc1cc(C)[nH]n1. The zero-order chi connectivity index (χ0) is 13.0. The maximum Gasteiger partial charge on any atom is 0.240 e. The third kappa shape index (κ3) is 2.87. The maximum absolute atomic E-state index is 5.70. The smallest absolute Gasteiger partial charge is 0.240 e. The highest BCUT2D eigenvalue weighted by atomic mass is 16.5. The van der Waals surface area contributed by atoms with Crippen LogP contribution in [-0.4, -0.2) is 21.7 Å². The van der Waals surface area contributed by atoms with E-state index in [1.165, 1.54) is 0 Å². The van der Waals surface area contributed by atoms with Crippen LogP contribution in [0.25, 0.3) is 0 Å². The van der Waals surface area contributed by atoms with Gasteiger partial charge in [-0.3, -0.25) is 5.10 Å². The van der Waals surface area contributed by atoms with Crippen LogP contribution in [0, 0.1) is 6.92 Å². The zero-order valence-corrected chi connectivity index (χ0v) is 10.9. The van der Waals surface area contributed by atoms with Crippen molar-refractivity contribution >= 4 is 0 Å². The molecule has 0 amide bonds. The summed E-state index contributed by atoms with van der Waals surface area (Å²) >= 11 is 0. The van der Waals surface area contributed by atoms with Crippen molar-refractivity contribution in [1.29, 1.82) is 0 Å². The maximum atomic E-state index is 5.70. The first-order chi connectivity index (χ1) is 8.70. The molecule has 1 unspecified atom stereocenters. The van der Waals surface area contributed by atoms with Crippen LogP contribution in [0.5, 0.6) is 11.8 Å². The third-order valence-electron chi connectivity index (χ3n) is 2.66. The summed E-state index contributed by atoms with van der Waals surface area (Å²) in [7, 11) is 0. The minimum absolute atomic E-state index is 0.193. The summed E-state index contributed by atoms with van der Waals surface area (Å²) in [6.07, 6.45) is 1.72. The molecule has 0 fully saturated rings. The molecule has 0 saturated carbocycles. The summed E-state index contributed by atoms with van der Waals surface area (Å²) in [4.78, 5) is 4.27. The molecule has 0 bridgehead atoms. The molecule has 5 nitrogen and oxygen atoms in total. The quantitative estimate of drug-likeness (QED) is 0.851. The number of pyridine rings is 1. The number of nitrogens with one attached hydrogen (secondary N) is 2. The molecule has 0 aliphatic carbocycles. The van der Waals surface area contributed by atoms with Gasteiger partial charge in [-0.15, -0.1) is 5.10 Å². The van der Waals surface area contributed by atoms with Crippen molar-refractivity contribution in [1.82, 2.24) is 20.5 Å². The normalized spacial score (nSPS) is 12.4. The summed E-state index contributed by atoms with van der Waals surface area (Å²) in [5.74, 6) is 1.13. The molecule has 2 N–H and O–H groups in total. The van der Waals surface area contributed by atoms with Crippen molar-refractivity contribution in [3.63, 3.8) is 0 Å². The van der Waals surface area contributed by atoms with Gasteiger partial charge in [0.15, 0.2) is 0 Å². The number of hydrogen-bond acceptors (Lipinski definition) is 4. The van der Waals surface area contributed by atoms with Gasteiger partial charge >= 0.3 is 0 Å². The molecular weight excluding hydrogens is 228 g/mol. The van der Waals surface area contributed by atoms with Crippen LogP contribution in [0.1, 0.15) is 31.1 Å². The van der Waals surface area contributed by atoms with E-state index in [0.29, 0.717) is 11.8 Å². The Balaban J connectivity index is 2.22. The van der Waals surface area contributed by atoms with Crippen molar-refractivity contribution in [3.05, 3.63) is 35.7 Å². The molecule has 5 heteroatoms. The topological polar surface area (TPSA) is 62.8 Å². The monoisotopic (exact) mass is 246 g/mol. The van der Waals surface area contributed by atoms with Gasteiger partial charge in [0.2, 0.25) is 11.8 Å². The van der Waals surface area contributed by atoms with Crippen LogP contribution in [0.3, 0.4) is 0 Å². The first kappa shape index (κ1) is 12.6. The summed E-state index contributed by atoms with van der Waals surface area (Å²) in [5.41, 5.74) is 1.99. The van der Waals surface area contributed by atoms with Crippen LogP contribution in [0.2, 0.25) is 0 Å². The molecule has 96 valence electrons. The Labute approximate surface area is 107 Å². The lowest BCUT2D eigenvalue weighted by molar-refractivity contribution is 0.427.